The molecule has 1 aliphatic rings. The Labute approximate surface area is 108 Å². The molecular weight excluding hydrogens is 230 g/mol. The lowest BCUT2D eigenvalue weighted by Crippen LogP contribution is -2.20. The Morgan fingerprint density at radius 2 is 1.76 bits per heavy atom. The predicted molar refractivity (Wildman–Crippen MR) is 76.7 cm³/mol. The molecule has 2 aromatic carbocycles. The van der Waals surface area contributed by atoms with Crippen molar-refractivity contribution in [2.45, 2.75) is 6.42 Å². The van der Waals surface area contributed by atoms with Crippen molar-refractivity contribution < 1.29 is 0 Å². The highest BCUT2D eigenvalue weighted by molar-refractivity contribution is 5.94. The lowest BCUT2D eigenvalue weighted by atomic mass is 9.95. The molecule has 0 amide bonds. The van der Waals surface area contributed by atoms with Crippen molar-refractivity contribution in [1.82, 2.24) is 5.32 Å². The smallest absolute Gasteiger partial charge is 0.0140 e. The summed E-state index contributed by atoms with van der Waals surface area (Å²) < 4.78 is 0. The van der Waals surface area contributed by atoms with Crippen molar-refractivity contribution in [3.63, 3.8) is 0 Å². The van der Waals surface area contributed by atoms with Crippen LogP contribution >= 0.6 is 12.4 Å². The molecule has 0 bridgehead atoms. The van der Waals surface area contributed by atoms with Gasteiger partial charge in [-0.05, 0) is 34.9 Å². The van der Waals surface area contributed by atoms with Gasteiger partial charge in [-0.2, -0.15) is 0 Å². The fourth-order valence-corrected chi connectivity index (χ4v) is 2.37. The van der Waals surface area contributed by atoms with Crippen LogP contribution in [0, 0.1) is 0 Å². The molecule has 88 valence electrons. The van der Waals surface area contributed by atoms with Gasteiger partial charge in [0.15, 0.2) is 0 Å². The maximum absolute atomic E-state index is 3.36. The van der Waals surface area contributed by atoms with E-state index in [0.717, 1.165) is 19.5 Å². The maximum atomic E-state index is 3.36. The Bertz CT molecular complexity index is 540. The molecule has 0 radical (unpaired) electrons. The van der Waals surface area contributed by atoms with Gasteiger partial charge in [0, 0.05) is 6.54 Å². The van der Waals surface area contributed by atoms with E-state index in [1.807, 2.05) is 0 Å². The van der Waals surface area contributed by atoms with E-state index in [4.69, 9.17) is 0 Å². The minimum Gasteiger partial charge on any atom is -0.313 e. The molecule has 0 saturated heterocycles. The molecule has 0 spiro atoms. The number of fused-ring (bicyclic) bond motifs is 1. The molecule has 1 heterocycles. The number of rotatable bonds is 1. The van der Waals surface area contributed by atoms with E-state index in [9.17, 15) is 0 Å². The van der Waals surface area contributed by atoms with Crippen LogP contribution in [0.5, 0.6) is 0 Å². The summed E-state index contributed by atoms with van der Waals surface area (Å²) in [4.78, 5) is 0. The van der Waals surface area contributed by atoms with Crippen LogP contribution < -0.4 is 5.32 Å². The maximum Gasteiger partial charge on any atom is 0.0140 e. The van der Waals surface area contributed by atoms with Gasteiger partial charge >= 0.3 is 0 Å². The van der Waals surface area contributed by atoms with E-state index in [1.165, 1.54) is 21.9 Å². The number of benzene rings is 2. The molecule has 1 nitrogen and oxygen atoms in total. The molecule has 0 saturated carbocycles. The second kappa shape index (κ2) is 5.35. The summed E-state index contributed by atoms with van der Waals surface area (Å²) in [6, 6.07) is 15.2. The first-order valence-electron chi connectivity index (χ1n) is 5.83. The van der Waals surface area contributed by atoms with E-state index >= 15 is 0 Å². The minimum absolute atomic E-state index is 0. The van der Waals surface area contributed by atoms with Gasteiger partial charge in [-0.25, -0.2) is 0 Å². The lowest BCUT2D eigenvalue weighted by Gasteiger charge is -2.16. The van der Waals surface area contributed by atoms with E-state index in [1.54, 1.807) is 0 Å². The molecule has 1 aliphatic heterocycles. The Balaban J connectivity index is 0.00000108. The summed E-state index contributed by atoms with van der Waals surface area (Å²) in [5.41, 5.74) is 2.88. The monoisotopic (exact) mass is 245 g/mol. The van der Waals surface area contributed by atoms with Crippen molar-refractivity contribution in [2.75, 3.05) is 13.1 Å². The molecule has 0 fully saturated rings. The fourth-order valence-electron chi connectivity index (χ4n) is 2.37. The first-order valence-corrected chi connectivity index (χ1v) is 5.83. The molecule has 2 aromatic rings. The Morgan fingerprint density at radius 1 is 0.941 bits per heavy atom. The van der Waals surface area contributed by atoms with Crippen molar-refractivity contribution >= 4 is 28.8 Å². The summed E-state index contributed by atoms with van der Waals surface area (Å²) in [7, 11) is 0. The van der Waals surface area contributed by atoms with Crippen molar-refractivity contribution in [2.24, 2.45) is 0 Å². The van der Waals surface area contributed by atoms with Crippen LogP contribution in [0.25, 0.3) is 16.3 Å². The summed E-state index contributed by atoms with van der Waals surface area (Å²) in [6.07, 6.45) is 3.44. The van der Waals surface area contributed by atoms with E-state index in [-0.39, 0.29) is 12.4 Å². The lowest BCUT2D eigenvalue weighted by molar-refractivity contribution is 0.739. The van der Waals surface area contributed by atoms with Gasteiger partial charge in [0.25, 0.3) is 0 Å². The van der Waals surface area contributed by atoms with Gasteiger partial charge in [-0.15, -0.1) is 12.4 Å². The third-order valence-corrected chi connectivity index (χ3v) is 3.20. The highest BCUT2D eigenvalue weighted by Crippen LogP contribution is 2.27. The first kappa shape index (κ1) is 12.2. The van der Waals surface area contributed by atoms with Crippen molar-refractivity contribution in [1.29, 1.82) is 0 Å². The van der Waals surface area contributed by atoms with Gasteiger partial charge in [-0.1, -0.05) is 48.5 Å². The van der Waals surface area contributed by atoms with Gasteiger partial charge in [0.2, 0.25) is 0 Å². The number of hydrogen-bond acceptors (Lipinski definition) is 1. The quantitative estimate of drug-likeness (QED) is 0.809. The molecule has 0 aliphatic carbocycles. The molecule has 3 rings (SSSR count). The SMILES string of the molecule is C1=C(c2cccc3ccccc23)CCNC1.Cl. The number of nitrogens with one attached hydrogen (secondary N) is 1. The molecule has 0 atom stereocenters. The van der Waals surface area contributed by atoms with Crippen LogP contribution in [0.15, 0.2) is 48.5 Å². The molecule has 0 unspecified atom stereocenters. The standard InChI is InChI=1S/C15H15N.ClH/c1-2-6-14-12(4-1)5-3-7-15(14)13-8-10-16-11-9-13;/h1-8,16H,9-11H2;1H. The van der Waals surface area contributed by atoms with Crippen molar-refractivity contribution in [3.8, 4) is 0 Å². The number of halogens is 1. The second-order valence-electron chi connectivity index (χ2n) is 4.21. The highest BCUT2D eigenvalue weighted by Gasteiger charge is 2.08. The van der Waals surface area contributed by atoms with Crippen LogP contribution in [0.3, 0.4) is 0 Å². The summed E-state index contributed by atoms with van der Waals surface area (Å²) in [6.45, 7) is 2.09. The fraction of sp³-hybridized carbons (Fsp3) is 0.200. The average Bonchev–Trinajstić information content (AvgIpc) is 2.39. The average molecular weight is 246 g/mol. The normalized spacial score (nSPS) is 15.2. The molecule has 0 aromatic heterocycles. The minimum atomic E-state index is 0. The molecule has 2 heteroatoms. The van der Waals surface area contributed by atoms with Crippen molar-refractivity contribution in [3.05, 3.63) is 54.1 Å². The topological polar surface area (TPSA) is 12.0 Å². The number of hydrogen-bond donors (Lipinski definition) is 1. The third-order valence-electron chi connectivity index (χ3n) is 3.20. The van der Waals surface area contributed by atoms with Gasteiger partial charge in [-0.3, -0.25) is 0 Å². The first-order chi connectivity index (χ1) is 7.95. The summed E-state index contributed by atoms with van der Waals surface area (Å²) in [5, 5.41) is 6.06. The predicted octanol–water partition coefficient (Wildman–Crippen LogP) is 3.64. The zero-order chi connectivity index (χ0) is 10.8. The van der Waals surface area contributed by atoms with E-state index in [2.05, 4.69) is 53.9 Å². The highest BCUT2D eigenvalue weighted by atomic mass is 35.5. The zero-order valence-electron chi connectivity index (χ0n) is 9.65. The Morgan fingerprint density at radius 3 is 2.59 bits per heavy atom. The summed E-state index contributed by atoms with van der Waals surface area (Å²) in [5.74, 6) is 0. The van der Waals surface area contributed by atoms with Crippen LogP contribution in [0.1, 0.15) is 12.0 Å². The Kier molecular flexibility index (Phi) is 3.82. The second-order valence-corrected chi connectivity index (χ2v) is 4.21. The van der Waals surface area contributed by atoms with Gasteiger partial charge in [0.1, 0.15) is 0 Å². The summed E-state index contributed by atoms with van der Waals surface area (Å²) >= 11 is 0. The molecular formula is C15H16ClN. The molecule has 17 heavy (non-hydrogen) atoms. The van der Waals surface area contributed by atoms with Crippen LogP contribution in [0.2, 0.25) is 0 Å². The van der Waals surface area contributed by atoms with Crippen LogP contribution in [-0.2, 0) is 0 Å². The zero-order valence-corrected chi connectivity index (χ0v) is 10.5. The van der Waals surface area contributed by atoms with Gasteiger partial charge < -0.3 is 5.32 Å². The van der Waals surface area contributed by atoms with E-state index in [0.29, 0.717) is 0 Å². The Hall–Kier alpha value is -1.31. The third kappa shape index (κ3) is 2.36. The van der Waals surface area contributed by atoms with E-state index < -0.39 is 0 Å². The van der Waals surface area contributed by atoms with Crippen LogP contribution in [-0.4, -0.2) is 13.1 Å². The largest absolute Gasteiger partial charge is 0.313 e. The van der Waals surface area contributed by atoms with Crippen LogP contribution in [0.4, 0.5) is 0 Å². The molecule has 1 N–H and O–H groups in total. The van der Waals surface area contributed by atoms with Gasteiger partial charge in [0.05, 0.1) is 0 Å².